The summed E-state index contributed by atoms with van der Waals surface area (Å²) in [5.41, 5.74) is -0.0997. The quantitative estimate of drug-likeness (QED) is 0.793. The van der Waals surface area contributed by atoms with Gasteiger partial charge >= 0.3 is 0 Å². The SMILES string of the molecule is CNCCC1CCN(C(=O)c2cc(NC(=O)C(C)(C)C)ccc2F)CC1.Cl. The van der Waals surface area contributed by atoms with Gasteiger partial charge in [0.1, 0.15) is 5.82 Å². The summed E-state index contributed by atoms with van der Waals surface area (Å²) >= 11 is 0. The smallest absolute Gasteiger partial charge is 0.256 e. The van der Waals surface area contributed by atoms with Gasteiger partial charge in [-0.25, -0.2) is 4.39 Å². The lowest BCUT2D eigenvalue weighted by Crippen LogP contribution is -2.39. The first-order valence-corrected chi connectivity index (χ1v) is 9.27. The lowest BCUT2D eigenvalue weighted by atomic mass is 9.93. The lowest BCUT2D eigenvalue weighted by Gasteiger charge is -2.32. The average Bonchev–Trinajstić information content (AvgIpc) is 2.60. The molecule has 152 valence electrons. The van der Waals surface area contributed by atoms with E-state index in [-0.39, 0.29) is 29.8 Å². The van der Waals surface area contributed by atoms with E-state index in [1.54, 1.807) is 25.7 Å². The monoisotopic (exact) mass is 399 g/mol. The number of carbonyl (C=O) groups excluding carboxylic acids is 2. The summed E-state index contributed by atoms with van der Waals surface area (Å²) in [6.45, 7) is 7.67. The third-order valence-corrected chi connectivity index (χ3v) is 4.84. The van der Waals surface area contributed by atoms with Crippen molar-refractivity contribution in [1.82, 2.24) is 10.2 Å². The van der Waals surface area contributed by atoms with Crippen LogP contribution in [0.2, 0.25) is 0 Å². The van der Waals surface area contributed by atoms with Crippen LogP contribution in [0.3, 0.4) is 0 Å². The Morgan fingerprint density at radius 1 is 1.22 bits per heavy atom. The van der Waals surface area contributed by atoms with E-state index in [1.165, 1.54) is 18.2 Å². The van der Waals surface area contributed by atoms with Gasteiger partial charge in [0.05, 0.1) is 5.56 Å². The van der Waals surface area contributed by atoms with Crippen molar-refractivity contribution in [1.29, 1.82) is 0 Å². The molecule has 2 N–H and O–H groups in total. The first kappa shape index (κ1) is 23.4. The number of carbonyl (C=O) groups is 2. The topological polar surface area (TPSA) is 61.4 Å². The van der Waals surface area contributed by atoms with Crippen molar-refractivity contribution in [2.24, 2.45) is 11.3 Å². The number of benzene rings is 1. The van der Waals surface area contributed by atoms with Gasteiger partial charge in [-0.05, 0) is 57.0 Å². The molecule has 2 rings (SSSR count). The minimum Gasteiger partial charge on any atom is -0.339 e. The van der Waals surface area contributed by atoms with Crippen molar-refractivity contribution in [2.75, 3.05) is 32.0 Å². The van der Waals surface area contributed by atoms with E-state index in [2.05, 4.69) is 10.6 Å². The Morgan fingerprint density at radius 3 is 2.41 bits per heavy atom. The Hall–Kier alpha value is -1.66. The van der Waals surface area contributed by atoms with E-state index >= 15 is 0 Å². The first-order valence-electron chi connectivity index (χ1n) is 9.27. The Kier molecular flexibility index (Phi) is 8.69. The zero-order chi connectivity index (χ0) is 19.3. The van der Waals surface area contributed by atoms with Crippen molar-refractivity contribution >= 4 is 29.9 Å². The van der Waals surface area contributed by atoms with Gasteiger partial charge in [-0.2, -0.15) is 0 Å². The zero-order valence-corrected chi connectivity index (χ0v) is 17.4. The molecule has 0 atom stereocenters. The molecule has 0 saturated carbocycles. The van der Waals surface area contributed by atoms with Crippen molar-refractivity contribution < 1.29 is 14.0 Å². The Bertz CT molecular complexity index is 653. The Labute approximate surface area is 167 Å². The van der Waals surface area contributed by atoms with Crippen LogP contribution in [0, 0.1) is 17.2 Å². The molecule has 1 aromatic rings. The standard InChI is InChI=1S/C20H30FN3O2.ClH/c1-20(2,3)19(26)23-15-5-6-17(21)16(13-15)18(25)24-11-8-14(9-12-24)7-10-22-4;/h5-6,13-14,22H,7-12H2,1-4H3,(H,23,26);1H. The van der Waals surface area contributed by atoms with Crippen molar-refractivity contribution in [3.05, 3.63) is 29.6 Å². The fourth-order valence-electron chi connectivity index (χ4n) is 3.03. The third-order valence-electron chi connectivity index (χ3n) is 4.84. The average molecular weight is 400 g/mol. The first-order chi connectivity index (χ1) is 12.2. The summed E-state index contributed by atoms with van der Waals surface area (Å²) in [5.74, 6) is -0.427. The maximum atomic E-state index is 14.2. The number of hydrogen-bond donors (Lipinski definition) is 2. The molecule has 1 aromatic carbocycles. The zero-order valence-electron chi connectivity index (χ0n) is 16.6. The summed E-state index contributed by atoms with van der Waals surface area (Å²) < 4.78 is 14.2. The van der Waals surface area contributed by atoms with Crippen LogP contribution < -0.4 is 10.6 Å². The van der Waals surface area contributed by atoms with Crippen LogP contribution in [0.15, 0.2) is 18.2 Å². The molecule has 0 radical (unpaired) electrons. The highest BCUT2D eigenvalue weighted by Crippen LogP contribution is 2.24. The molecule has 0 unspecified atom stereocenters. The number of likely N-dealkylation sites (tertiary alicyclic amines) is 1. The molecular formula is C20H31ClFN3O2. The predicted octanol–water partition coefficient (Wildman–Crippen LogP) is 3.69. The molecule has 5 nitrogen and oxygen atoms in total. The maximum Gasteiger partial charge on any atom is 0.256 e. The number of piperidine rings is 1. The number of halogens is 2. The number of nitrogens with zero attached hydrogens (tertiary/aromatic N) is 1. The number of nitrogens with one attached hydrogen (secondary N) is 2. The van der Waals surface area contributed by atoms with E-state index in [1.807, 2.05) is 7.05 Å². The second kappa shape index (κ2) is 10.0. The van der Waals surface area contributed by atoms with Crippen LogP contribution in [0.4, 0.5) is 10.1 Å². The fourth-order valence-corrected chi connectivity index (χ4v) is 3.03. The second-order valence-electron chi connectivity index (χ2n) is 8.03. The van der Waals surface area contributed by atoms with Gasteiger partial charge in [0.2, 0.25) is 5.91 Å². The molecule has 1 fully saturated rings. The number of anilines is 1. The van der Waals surface area contributed by atoms with E-state index in [9.17, 15) is 14.0 Å². The van der Waals surface area contributed by atoms with Crippen LogP contribution in [-0.4, -0.2) is 43.4 Å². The van der Waals surface area contributed by atoms with Crippen LogP contribution in [0.25, 0.3) is 0 Å². The van der Waals surface area contributed by atoms with Crippen LogP contribution in [0.5, 0.6) is 0 Å². The van der Waals surface area contributed by atoms with E-state index in [0.717, 1.165) is 25.8 Å². The summed E-state index contributed by atoms with van der Waals surface area (Å²) in [6, 6.07) is 4.17. The highest BCUT2D eigenvalue weighted by Gasteiger charge is 2.26. The highest BCUT2D eigenvalue weighted by atomic mass is 35.5. The normalized spacial score (nSPS) is 15.2. The Morgan fingerprint density at radius 2 is 1.85 bits per heavy atom. The predicted molar refractivity (Wildman–Crippen MR) is 109 cm³/mol. The molecule has 0 aromatic heterocycles. The molecule has 0 spiro atoms. The molecular weight excluding hydrogens is 369 g/mol. The molecule has 0 bridgehead atoms. The highest BCUT2D eigenvalue weighted by molar-refractivity contribution is 5.98. The second-order valence-corrected chi connectivity index (χ2v) is 8.03. The largest absolute Gasteiger partial charge is 0.339 e. The molecule has 1 heterocycles. The molecule has 27 heavy (non-hydrogen) atoms. The number of amides is 2. The number of rotatable bonds is 5. The molecule has 7 heteroatoms. The minimum absolute atomic E-state index is 0. The minimum atomic E-state index is -0.562. The van der Waals surface area contributed by atoms with Gasteiger partial charge in [-0.15, -0.1) is 12.4 Å². The molecule has 1 saturated heterocycles. The van der Waals surface area contributed by atoms with Gasteiger partial charge in [-0.1, -0.05) is 20.8 Å². The molecule has 2 amide bonds. The fraction of sp³-hybridized carbons (Fsp3) is 0.600. The van der Waals surface area contributed by atoms with Gasteiger partial charge in [0.25, 0.3) is 5.91 Å². The van der Waals surface area contributed by atoms with Crippen molar-refractivity contribution in [3.63, 3.8) is 0 Å². The molecule has 1 aliphatic heterocycles. The van der Waals surface area contributed by atoms with Crippen LogP contribution in [0.1, 0.15) is 50.4 Å². The van der Waals surface area contributed by atoms with E-state index in [4.69, 9.17) is 0 Å². The van der Waals surface area contributed by atoms with Gasteiger partial charge in [-0.3, -0.25) is 9.59 Å². The summed E-state index contributed by atoms with van der Waals surface area (Å²) in [4.78, 5) is 26.6. The Balaban J connectivity index is 0.00000364. The van der Waals surface area contributed by atoms with Gasteiger partial charge in [0, 0.05) is 24.2 Å². The van der Waals surface area contributed by atoms with E-state index < -0.39 is 11.2 Å². The van der Waals surface area contributed by atoms with Gasteiger partial charge in [0.15, 0.2) is 0 Å². The third kappa shape index (κ3) is 6.47. The maximum absolute atomic E-state index is 14.2. The van der Waals surface area contributed by atoms with Crippen molar-refractivity contribution in [2.45, 2.75) is 40.0 Å². The summed E-state index contributed by atoms with van der Waals surface area (Å²) in [5, 5.41) is 5.90. The summed E-state index contributed by atoms with van der Waals surface area (Å²) in [7, 11) is 1.94. The number of hydrogen-bond acceptors (Lipinski definition) is 3. The van der Waals surface area contributed by atoms with Crippen LogP contribution in [-0.2, 0) is 4.79 Å². The molecule has 1 aliphatic rings. The summed E-state index contributed by atoms with van der Waals surface area (Å²) in [6.07, 6.45) is 2.98. The van der Waals surface area contributed by atoms with Gasteiger partial charge < -0.3 is 15.5 Å². The molecule has 0 aliphatic carbocycles. The lowest BCUT2D eigenvalue weighted by molar-refractivity contribution is -0.123. The van der Waals surface area contributed by atoms with Crippen molar-refractivity contribution in [3.8, 4) is 0 Å². The van der Waals surface area contributed by atoms with Crippen LogP contribution >= 0.6 is 12.4 Å². The van der Waals surface area contributed by atoms with E-state index in [0.29, 0.717) is 24.7 Å².